The minimum atomic E-state index is -1.16. The lowest BCUT2D eigenvalue weighted by molar-refractivity contribution is -0.144. The van der Waals surface area contributed by atoms with E-state index in [1.807, 2.05) is 5.48 Å². The summed E-state index contributed by atoms with van der Waals surface area (Å²) in [5.74, 6) is -1.16. The van der Waals surface area contributed by atoms with Crippen molar-refractivity contribution in [2.24, 2.45) is 0 Å². The molecule has 8 nitrogen and oxygen atoms in total. The quantitative estimate of drug-likeness (QED) is 0.609. The van der Waals surface area contributed by atoms with Gasteiger partial charge in [-0.1, -0.05) is 0 Å². The second-order valence-electron chi connectivity index (χ2n) is 3.54. The van der Waals surface area contributed by atoms with E-state index >= 15 is 0 Å². The molecule has 1 aliphatic rings. The average molecular weight is 248 g/mol. The van der Waals surface area contributed by atoms with Crippen LogP contribution >= 0.6 is 0 Å². The first-order valence-electron chi connectivity index (χ1n) is 5.02. The Morgan fingerprint density at radius 1 is 1.29 bits per heavy atom. The summed E-state index contributed by atoms with van der Waals surface area (Å²) in [6.45, 7) is 0.162. The summed E-state index contributed by atoms with van der Waals surface area (Å²) in [6.07, 6.45) is -0.379. The molecule has 17 heavy (non-hydrogen) atoms. The number of carboxylic acids is 1. The molecule has 0 aliphatic carbocycles. The van der Waals surface area contributed by atoms with Gasteiger partial charge in [0.15, 0.2) is 6.61 Å². The summed E-state index contributed by atoms with van der Waals surface area (Å²) in [4.78, 5) is 27.6. The van der Waals surface area contributed by atoms with Crippen LogP contribution in [-0.2, 0) is 19.1 Å². The molecule has 0 saturated carbocycles. The first-order chi connectivity index (χ1) is 8.08. The highest BCUT2D eigenvalue weighted by Crippen LogP contribution is 2.15. The maximum absolute atomic E-state index is 11.5. The number of amides is 2. The number of rotatable bonds is 5. The fourth-order valence-electron chi connectivity index (χ4n) is 1.59. The van der Waals surface area contributed by atoms with Crippen LogP contribution in [0.5, 0.6) is 0 Å². The molecule has 2 amide bonds. The standard InChI is InChI=1S/C9H16N2O6/c1-15-6-3-11(4-7(6)16-2)9(14)10-17-5-8(12)13/h6-7H,3-5H2,1-2H3,(H,10,14)(H,12,13). The summed E-state index contributed by atoms with van der Waals surface area (Å²) in [6, 6.07) is -0.507. The van der Waals surface area contributed by atoms with Gasteiger partial charge in [-0.2, -0.15) is 0 Å². The average Bonchev–Trinajstić information content (AvgIpc) is 2.71. The van der Waals surface area contributed by atoms with Crippen LogP contribution in [-0.4, -0.2) is 68.1 Å². The predicted octanol–water partition coefficient (Wildman–Crippen LogP) is -0.942. The molecule has 0 aromatic rings. The highest BCUT2D eigenvalue weighted by molar-refractivity contribution is 5.74. The van der Waals surface area contributed by atoms with Gasteiger partial charge in [-0.25, -0.2) is 15.1 Å². The SMILES string of the molecule is COC1CN(C(=O)NOCC(=O)O)CC1OC. The van der Waals surface area contributed by atoms with E-state index in [0.717, 1.165) is 0 Å². The Balaban J connectivity index is 2.36. The molecule has 1 aliphatic heterocycles. The summed E-state index contributed by atoms with van der Waals surface area (Å²) in [7, 11) is 3.08. The molecule has 0 radical (unpaired) electrons. The zero-order valence-corrected chi connectivity index (χ0v) is 9.71. The number of aliphatic carboxylic acids is 1. The van der Waals surface area contributed by atoms with Crippen LogP contribution in [0.2, 0.25) is 0 Å². The lowest BCUT2D eigenvalue weighted by Crippen LogP contribution is -2.40. The molecule has 0 aromatic heterocycles. The molecule has 2 N–H and O–H groups in total. The summed E-state index contributed by atoms with van der Waals surface area (Å²) in [5.41, 5.74) is 2.04. The maximum atomic E-state index is 11.5. The molecular weight excluding hydrogens is 232 g/mol. The van der Waals surface area contributed by atoms with Gasteiger partial charge >= 0.3 is 12.0 Å². The fourth-order valence-corrected chi connectivity index (χ4v) is 1.59. The van der Waals surface area contributed by atoms with Crippen LogP contribution < -0.4 is 5.48 Å². The number of ether oxygens (including phenoxy) is 2. The normalized spacial score (nSPS) is 23.8. The second kappa shape index (κ2) is 6.38. The number of nitrogens with zero attached hydrogens (tertiary/aromatic N) is 1. The van der Waals surface area contributed by atoms with Crippen LogP contribution in [0.3, 0.4) is 0 Å². The van der Waals surface area contributed by atoms with E-state index in [-0.39, 0.29) is 12.2 Å². The molecule has 0 bridgehead atoms. The number of carbonyl (C=O) groups is 2. The van der Waals surface area contributed by atoms with Crippen molar-refractivity contribution in [1.82, 2.24) is 10.4 Å². The minimum absolute atomic E-state index is 0.190. The summed E-state index contributed by atoms with van der Waals surface area (Å²) >= 11 is 0. The van der Waals surface area contributed by atoms with Gasteiger partial charge in [-0.15, -0.1) is 0 Å². The van der Waals surface area contributed by atoms with E-state index < -0.39 is 18.6 Å². The molecule has 98 valence electrons. The van der Waals surface area contributed by atoms with Crippen molar-refractivity contribution in [3.05, 3.63) is 0 Å². The van der Waals surface area contributed by atoms with Crippen LogP contribution in [0.4, 0.5) is 4.79 Å². The van der Waals surface area contributed by atoms with Gasteiger partial charge in [0, 0.05) is 14.2 Å². The number of nitrogens with one attached hydrogen (secondary N) is 1. The summed E-state index contributed by atoms with van der Waals surface area (Å²) < 4.78 is 10.3. The Bertz CT molecular complexity index is 273. The van der Waals surface area contributed by atoms with Gasteiger partial charge < -0.3 is 19.5 Å². The molecular formula is C9H16N2O6. The van der Waals surface area contributed by atoms with E-state index in [1.54, 1.807) is 14.2 Å². The van der Waals surface area contributed by atoms with E-state index in [4.69, 9.17) is 14.6 Å². The molecule has 1 heterocycles. The topological polar surface area (TPSA) is 97.3 Å². The lowest BCUT2D eigenvalue weighted by Gasteiger charge is -2.15. The van der Waals surface area contributed by atoms with Crippen molar-refractivity contribution in [3.63, 3.8) is 0 Å². The first kappa shape index (κ1) is 13.7. The fraction of sp³-hybridized carbons (Fsp3) is 0.778. The number of carbonyl (C=O) groups excluding carboxylic acids is 1. The largest absolute Gasteiger partial charge is 0.479 e. The predicted molar refractivity (Wildman–Crippen MR) is 55.3 cm³/mol. The zero-order valence-electron chi connectivity index (χ0n) is 9.71. The van der Waals surface area contributed by atoms with E-state index in [0.29, 0.717) is 13.1 Å². The number of carboxylic acid groups (broad SMARTS) is 1. The van der Waals surface area contributed by atoms with Crippen molar-refractivity contribution < 1.29 is 29.0 Å². The van der Waals surface area contributed by atoms with Gasteiger partial charge in [-0.3, -0.25) is 4.84 Å². The van der Waals surface area contributed by atoms with Crippen LogP contribution in [0, 0.1) is 0 Å². The number of likely N-dealkylation sites (tertiary alicyclic amines) is 1. The summed E-state index contributed by atoms with van der Waals surface area (Å²) in [5, 5.41) is 8.32. The lowest BCUT2D eigenvalue weighted by atomic mass is 10.3. The molecule has 2 unspecified atom stereocenters. The van der Waals surface area contributed by atoms with E-state index in [9.17, 15) is 9.59 Å². The van der Waals surface area contributed by atoms with Crippen LogP contribution in [0.25, 0.3) is 0 Å². The molecule has 0 aromatic carbocycles. The van der Waals surface area contributed by atoms with Gasteiger partial charge in [0.25, 0.3) is 0 Å². The Hall–Kier alpha value is -1.38. The highest BCUT2D eigenvalue weighted by atomic mass is 16.7. The van der Waals surface area contributed by atoms with Crippen molar-refractivity contribution in [2.45, 2.75) is 12.2 Å². The van der Waals surface area contributed by atoms with E-state index in [2.05, 4.69) is 4.84 Å². The van der Waals surface area contributed by atoms with Gasteiger partial charge in [0.05, 0.1) is 13.1 Å². The monoisotopic (exact) mass is 248 g/mol. The third-order valence-electron chi connectivity index (χ3n) is 2.46. The number of urea groups is 1. The Morgan fingerprint density at radius 3 is 2.24 bits per heavy atom. The molecule has 2 atom stereocenters. The maximum Gasteiger partial charge on any atom is 0.341 e. The smallest absolute Gasteiger partial charge is 0.341 e. The minimum Gasteiger partial charge on any atom is -0.479 e. The Kier molecular flexibility index (Phi) is 5.13. The Morgan fingerprint density at radius 2 is 1.82 bits per heavy atom. The second-order valence-corrected chi connectivity index (χ2v) is 3.54. The molecule has 1 saturated heterocycles. The number of hydrogen-bond acceptors (Lipinski definition) is 5. The third kappa shape index (κ3) is 3.84. The molecule has 8 heteroatoms. The van der Waals surface area contributed by atoms with Gasteiger partial charge in [-0.05, 0) is 0 Å². The highest BCUT2D eigenvalue weighted by Gasteiger charge is 2.35. The van der Waals surface area contributed by atoms with Gasteiger partial charge in [0.2, 0.25) is 0 Å². The zero-order chi connectivity index (χ0) is 12.8. The van der Waals surface area contributed by atoms with Crippen molar-refractivity contribution in [1.29, 1.82) is 0 Å². The molecule has 0 spiro atoms. The number of hydrogen-bond donors (Lipinski definition) is 2. The third-order valence-corrected chi connectivity index (χ3v) is 2.46. The van der Waals surface area contributed by atoms with Crippen LogP contribution in [0.1, 0.15) is 0 Å². The van der Waals surface area contributed by atoms with Crippen LogP contribution in [0.15, 0.2) is 0 Å². The molecule has 1 rings (SSSR count). The van der Waals surface area contributed by atoms with Crippen molar-refractivity contribution in [3.8, 4) is 0 Å². The Labute approximate surface area is 98.4 Å². The van der Waals surface area contributed by atoms with Crippen molar-refractivity contribution >= 4 is 12.0 Å². The van der Waals surface area contributed by atoms with Gasteiger partial charge in [0.1, 0.15) is 12.2 Å². The number of methoxy groups -OCH3 is 2. The first-order valence-corrected chi connectivity index (χ1v) is 5.02. The van der Waals surface area contributed by atoms with Crippen molar-refractivity contribution in [2.75, 3.05) is 33.9 Å². The number of hydroxylamine groups is 1. The molecule has 1 fully saturated rings. The van der Waals surface area contributed by atoms with E-state index in [1.165, 1.54) is 4.90 Å².